The van der Waals surface area contributed by atoms with Crippen molar-refractivity contribution < 1.29 is 5.11 Å². The predicted molar refractivity (Wildman–Crippen MR) is 90.2 cm³/mol. The first kappa shape index (κ1) is 15.5. The molecule has 0 radical (unpaired) electrons. The summed E-state index contributed by atoms with van der Waals surface area (Å²) in [5.41, 5.74) is 2.29. The molecule has 2 aromatic carbocycles. The van der Waals surface area contributed by atoms with Crippen LogP contribution in [0, 0.1) is 0 Å². The van der Waals surface area contributed by atoms with Gasteiger partial charge in [0, 0.05) is 6.54 Å². The number of aliphatic hydroxyl groups is 1. The fraction of sp³-hybridized carbons (Fsp3) is 0.235. The molecule has 0 aromatic heterocycles. The smallest absolute Gasteiger partial charge is 0.166 e. The fourth-order valence-corrected chi connectivity index (χ4v) is 2.34. The maximum atomic E-state index is 9.48. The van der Waals surface area contributed by atoms with Gasteiger partial charge in [-0.1, -0.05) is 60.7 Å². The number of thiocarbonyl (C=S) groups is 1. The Morgan fingerprint density at radius 2 is 1.62 bits per heavy atom. The summed E-state index contributed by atoms with van der Waals surface area (Å²) in [5.74, 6) is 0. The van der Waals surface area contributed by atoms with Gasteiger partial charge < -0.3 is 15.7 Å². The third-order valence-electron chi connectivity index (χ3n) is 3.23. The summed E-state index contributed by atoms with van der Waals surface area (Å²) in [6.45, 7) is 0.771. The Hall–Kier alpha value is -1.91. The summed E-state index contributed by atoms with van der Waals surface area (Å²) in [5, 5.41) is 16.4. The minimum absolute atomic E-state index is 0.00448. The molecule has 0 amide bonds. The molecule has 3 nitrogen and oxygen atoms in total. The van der Waals surface area contributed by atoms with Crippen LogP contribution >= 0.6 is 12.2 Å². The van der Waals surface area contributed by atoms with Gasteiger partial charge in [-0.15, -0.1) is 0 Å². The largest absolute Gasteiger partial charge is 0.394 e. The first-order valence-corrected chi connectivity index (χ1v) is 7.44. The molecule has 0 fully saturated rings. The van der Waals surface area contributed by atoms with Crippen LogP contribution in [0.1, 0.15) is 17.2 Å². The zero-order chi connectivity index (χ0) is 14.9. The van der Waals surface area contributed by atoms with Crippen LogP contribution in [0.2, 0.25) is 0 Å². The summed E-state index contributed by atoms with van der Waals surface area (Å²) in [6.07, 6.45) is 0.914. The summed E-state index contributed by atoms with van der Waals surface area (Å²) in [6, 6.07) is 19.9. The highest BCUT2D eigenvalue weighted by atomic mass is 32.1. The lowest BCUT2D eigenvalue weighted by Crippen LogP contribution is -2.39. The lowest BCUT2D eigenvalue weighted by Gasteiger charge is -2.19. The second-order valence-corrected chi connectivity index (χ2v) is 5.19. The Morgan fingerprint density at radius 3 is 2.24 bits per heavy atom. The van der Waals surface area contributed by atoms with E-state index >= 15 is 0 Å². The van der Waals surface area contributed by atoms with Crippen molar-refractivity contribution in [2.45, 2.75) is 12.5 Å². The molecule has 4 heteroatoms. The normalized spacial score (nSPS) is 11.7. The molecule has 1 atom stereocenters. The molecule has 0 saturated carbocycles. The van der Waals surface area contributed by atoms with Crippen LogP contribution in [0.4, 0.5) is 0 Å². The molecule has 21 heavy (non-hydrogen) atoms. The molecule has 0 bridgehead atoms. The maximum absolute atomic E-state index is 9.48. The van der Waals surface area contributed by atoms with Crippen LogP contribution < -0.4 is 10.6 Å². The SMILES string of the molecule is OC[C@H](NC(=S)NCCc1ccccc1)c1ccccc1. The summed E-state index contributed by atoms with van der Waals surface area (Å²) in [7, 11) is 0. The van der Waals surface area contributed by atoms with E-state index in [2.05, 4.69) is 22.8 Å². The van der Waals surface area contributed by atoms with E-state index in [0.717, 1.165) is 18.5 Å². The van der Waals surface area contributed by atoms with Gasteiger partial charge in [0.15, 0.2) is 5.11 Å². The number of aliphatic hydroxyl groups excluding tert-OH is 1. The van der Waals surface area contributed by atoms with Gasteiger partial charge in [0.2, 0.25) is 0 Å². The van der Waals surface area contributed by atoms with E-state index in [-0.39, 0.29) is 12.6 Å². The van der Waals surface area contributed by atoms with Crippen molar-refractivity contribution in [3.63, 3.8) is 0 Å². The average molecular weight is 300 g/mol. The van der Waals surface area contributed by atoms with Crippen LogP contribution in [0.5, 0.6) is 0 Å². The molecule has 0 aliphatic heterocycles. The van der Waals surface area contributed by atoms with E-state index in [1.807, 2.05) is 48.5 Å². The second-order valence-electron chi connectivity index (χ2n) is 4.78. The number of hydrogen-bond donors (Lipinski definition) is 3. The van der Waals surface area contributed by atoms with Crippen LogP contribution in [0.25, 0.3) is 0 Å². The van der Waals surface area contributed by atoms with Crippen molar-refractivity contribution >= 4 is 17.3 Å². The average Bonchev–Trinajstić information content (AvgIpc) is 2.54. The van der Waals surface area contributed by atoms with Gasteiger partial charge in [0.25, 0.3) is 0 Å². The highest BCUT2D eigenvalue weighted by Crippen LogP contribution is 2.11. The molecule has 2 rings (SSSR count). The monoisotopic (exact) mass is 300 g/mol. The zero-order valence-electron chi connectivity index (χ0n) is 11.8. The molecule has 0 aliphatic rings. The fourth-order valence-electron chi connectivity index (χ4n) is 2.09. The number of benzene rings is 2. The molecule has 0 spiro atoms. The number of hydrogen-bond acceptors (Lipinski definition) is 2. The van der Waals surface area contributed by atoms with Gasteiger partial charge in [0.05, 0.1) is 12.6 Å². The second kappa shape index (κ2) is 8.39. The molecule has 110 valence electrons. The van der Waals surface area contributed by atoms with Gasteiger partial charge in [-0.25, -0.2) is 0 Å². The third-order valence-corrected chi connectivity index (χ3v) is 3.49. The standard InChI is InChI=1S/C17H20N2OS/c20-13-16(15-9-5-2-6-10-15)19-17(21)18-12-11-14-7-3-1-4-8-14/h1-10,16,20H,11-13H2,(H2,18,19,21)/t16-/m0/s1. The summed E-state index contributed by atoms with van der Waals surface area (Å²) < 4.78 is 0. The summed E-state index contributed by atoms with van der Waals surface area (Å²) >= 11 is 5.28. The molecule has 0 saturated heterocycles. The Balaban J connectivity index is 1.78. The number of nitrogens with one attached hydrogen (secondary N) is 2. The van der Waals surface area contributed by atoms with Crippen molar-refractivity contribution in [1.82, 2.24) is 10.6 Å². The maximum Gasteiger partial charge on any atom is 0.166 e. The first-order chi connectivity index (χ1) is 10.3. The molecule has 0 heterocycles. The Labute approximate surface area is 131 Å². The van der Waals surface area contributed by atoms with E-state index in [9.17, 15) is 5.11 Å². The van der Waals surface area contributed by atoms with Crippen molar-refractivity contribution in [1.29, 1.82) is 0 Å². The van der Waals surface area contributed by atoms with Crippen LogP contribution in [0.3, 0.4) is 0 Å². The quantitative estimate of drug-likeness (QED) is 0.717. The van der Waals surface area contributed by atoms with E-state index in [0.29, 0.717) is 5.11 Å². The molecule has 0 aliphatic carbocycles. The predicted octanol–water partition coefficient (Wildman–Crippen LogP) is 2.43. The molecular formula is C17H20N2OS. The van der Waals surface area contributed by atoms with Crippen molar-refractivity contribution in [2.24, 2.45) is 0 Å². The highest BCUT2D eigenvalue weighted by molar-refractivity contribution is 7.80. The summed E-state index contributed by atoms with van der Waals surface area (Å²) in [4.78, 5) is 0. The molecule has 0 unspecified atom stereocenters. The molecular weight excluding hydrogens is 280 g/mol. The van der Waals surface area contributed by atoms with Crippen molar-refractivity contribution in [2.75, 3.05) is 13.2 Å². The van der Waals surface area contributed by atoms with Gasteiger partial charge in [-0.2, -0.15) is 0 Å². The third kappa shape index (κ3) is 5.17. The number of rotatable bonds is 6. The van der Waals surface area contributed by atoms with Crippen LogP contribution in [0.15, 0.2) is 60.7 Å². The first-order valence-electron chi connectivity index (χ1n) is 7.03. The van der Waals surface area contributed by atoms with E-state index in [1.165, 1.54) is 5.56 Å². The minimum atomic E-state index is -0.178. The molecule has 3 N–H and O–H groups in total. The van der Waals surface area contributed by atoms with E-state index in [1.54, 1.807) is 0 Å². The minimum Gasteiger partial charge on any atom is -0.394 e. The van der Waals surface area contributed by atoms with Gasteiger partial charge >= 0.3 is 0 Å². The zero-order valence-corrected chi connectivity index (χ0v) is 12.6. The molecule has 2 aromatic rings. The Kier molecular flexibility index (Phi) is 6.19. The van der Waals surface area contributed by atoms with E-state index < -0.39 is 0 Å². The lowest BCUT2D eigenvalue weighted by molar-refractivity contribution is 0.257. The van der Waals surface area contributed by atoms with E-state index in [4.69, 9.17) is 12.2 Å². The lowest BCUT2D eigenvalue weighted by atomic mass is 10.1. The van der Waals surface area contributed by atoms with Gasteiger partial charge in [-0.3, -0.25) is 0 Å². The van der Waals surface area contributed by atoms with Crippen molar-refractivity contribution in [3.05, 3.63) is 71.8 Å². The van der Waals surface area contributed by atoms with Crippen molar-refractivity contribution in [3.8, 4) is 0 Å². The topological polar surface area (TPSA) is 44.3 Å². The Morgan fingerprint density at radius 1 is 1.00 bits per heavy atom. The van der Waals surface area contributed by atoms with Crippen LogP contribution in [-0.2, 0) is 6.42 Å². The van der Waals surface area contributed by atoms with Gasteiger partial charge in [0.1, 0.15) is 0 Å². The van der Waals surface area contributed by atoms with Crippen LogP contribution in [-0.4, -0.2) is 23.4 Å². The van der Waals surface area contributed by atoms with Gasteiger partial charge in [-0.05, 0) is 29.8 Å². The highest BCUT2D eigenvalue weighted by Gasteiger charge is 2.10. The Bertz CT molecular complexity index is 545.